The molecule has 0 atom stereocenters. The van der Waals surface area contributed by atoms with Crippen molar-refractivity contribution in [3.63, 3.8) is 0 Å². The molecule has 0 bridgehead atoms. The molecule has 35 heavy (non-hydrogen) atoms. The molecule has 1 heterocycles. The maximum absolute atomic E-state index is 13.1. The Kier molecular flexibility index (Phi) is 7.50. The largest absolute Gasteiger partial charge is 0.381 e. The minimum atomic E-state index is -4.00. The number of carbonyl (C=O) groups excluding carboxylic acids is 1. The number of amides is 1. The fraction of sp³-hybridized carbons (Fsp3) is 0.296. The van der Waals surface area contributed by atoms with Crippen molar-refractivity contribution in [1.82, 2.24) is 5.32 Å². The van der Waals surface area contributed by atoms with E-state index in [-0.39, 0.29) is 26.8 Å². The van der Waals surface area contributed by atoms with Gasteiger partial charge in [-0.05, 0) is 73.7 Å². The summed E-state index contributed by atoms with van der Waals surface area (Å²) in [4.78, 5) is 12.9. The molecule has 0 aromatic heterocycles. The number of hydrogen-bond acceptors (Lipinski definition) is 4. The third-order valence-corrected chi connectivity index (χ3v) is 8.53. The van der Waals surface area contributed by atoms with Gasteiger partial charge < -0.3 is 10.1 Å². The van der Waals surface area contributed by atoms with Crippen LogP contribution in [0.5, 0.6) is 0 Å². The summed E-state index contributed by atoms with van der Waals surface area (Å²) in [7, 11) is -4.00. The Morgan fingerprint density at radius 3 is 2.37 bits per heavy atom. The Hall–Kier alpha value is -2.87. The van der Waals surface area contributed by atoms with E-state index in [1.807, 2.05) is 38.1 Å². The number of sulfonamides is 1. The number of anilines is 1. The predicted molar refractivity (Wildman–Crippen MR) is 139 cm³/mol. The van der Waals surface area contributed by atoms with Crippen LogP contribution >= 0.6 is 11.6 Å². The van der Waals surface area contributed by atoms with E-state index < -0.39 is 10.0 Å². The van der Waals surface area contributed by atoms with Crippen LogP contribution in [0.1, 0.15) is 39.9 Å². The van der Waals surface area contributed by atoms with Gasteiger partial charge in [0.2, 0.25) is 0 Å². The molecule has 184 valence electrons. The summed E-state index contributed by atoms with van der Waals surface area (Å²) >= 11 is 6.24. The van der Waals surface area contributed by atoms with Gasteiger partial charge in [0.25, 0.3) is 15.9 Å². The molecule has 0 radical (unpaired) electrons. The zero-order valence-corrected chi connectivity index (χ0v) is 21.4. The number of aryl methyl sites for hydroxylation is 2. The number of nitrogens with one attached hydrogen (secondary N) is 2. The van der Waals surface area contributed by atoms with Gasteiger partial charge in [-0.3, -0.25) is 9.52 Å². The number of ether oxygens (including phenoxy) is 1. The number of hydrogen-bond donors (Lipinski definition) is 2. The van der Waals surface area contributed by atoms with Crippen molar-refractivity contribution < 1.29 is 17.9 Å². The molecule has 1 saturated heterocycles. The highest BCUT2D eigenvalue weighted by Crippen LogP contribution is 2.34. The third-order valence-electron chi connectivity index (χ3n) is 6.67. The van der Waals surface area contributed by atoms with Crippen molar-refractivity contribution in [1.29, 1.82) is 0 Å². The summed E-state index contributed by atoms with van der Waals surface area (Å²) in [6.45, 7) is 5.53. The minimum absolute atomic E-state index is 0.0445. The molecule has 0 unspecified atom stereocenters. The Morgan fingerprint density at radius 2 is 1.69 bits per heavy atom. The molecular weight excluding hydrogens is 484 g/mol. The fourth-order valence-electron chi connectivity index (χ4n) is 4.34. The first-order chi connectivity index (χ1) is 16.7. The lowest BCUT2D eigenvalue weighted by molar-refractivity contribution is 0.0487. The van der Waals surface area contributed by atoms with Crippen molar-refractivity contribution in [2.45, 2.75) is 37.0 Å². The van der Waals surface area contributed by atoms with Crippen molar-refractivity contribution in [2.75, 3.05) is 24.5 Å². The zero-order valence-electron chi connectivity index (χ0n) is 19.8. The molecule has 1 fully saturated rings. The second-order valence-corrected chi connectivity index (χ2v) is 11.0. The van der Waals surface area contributed by atoms with Crippen LogP contribution in [0.25, 0.3) is 0 Å². The van der Waals surface area contributed by atoms with Gasteiger partial charge in [-0.15, -0.1) is 0 Å². The van der Waals surface area contributed by atoms with Gasteiger partial charge in [0.05, 0.1) is 5.02 Å². The molecule has 3 aromatic rings. The van der Waals surface area contributed by atoms with Gasteiger partial charge >= 0.3 is 0 Å². The summed E-state index contributed by atoms with van der Waals surface area (Å²) in [6.07, 6.45) is 1.58. The fourth-order valence-corrected chi connectivity index (χ4v) is 5.91. The van der Waals surface area contributed by atoms with E-state index in [9.17, 15) is 13.2 Å². The zero-order chi connectivity index (χ0) is 25.1. The maximum atomic E-state index is 13.1. The second-order valence-electron chi connectivity index (χ2n) is 8.99. The predicted octanol–water partition coefficient (Wildman–Crippen LogP) is 5.24. The lowest BCUT2D eigenvalue weighted by Gasteiger charge is -2.38. The Balaban J connectivity index is 1.54. The van der Waals surface area contributed by atoms with Gasteiger partial charge in [-0.1, -0.05) is 48.0 Å². The number of halogens is 1. The van der Waals surface area contributed by atoms with Crippen LogP contribution in [0, 0.1) is 13.8 Å². The van der Waals surface area contributed by atoms with Crippen LogP contribution < -0.4 is 10.0 Å². The maximum Gasteiger partial charge on any atom is 0.263 e. The quantitative estimate of drug-likeness (QED) is 0.453. The average Bonchev–Trinajstić information content (AvgIpc) is 2.86. The van der Waals surface area contributed by atoms with Crippen LogP contribution in [0.3, 0.4) is 0 Å². The monoisotopic (exact) mass is 512 g/mol. The van der Waals surface area contributed by atoms with E-state index >= 15 is 0 Å². The normalized spacial score (nSPS) is 15.4. The Bertz CT molecular complexity index is 1320. The Morgan fingerprint density at radius 1 is 0.971 bits per heavy atom. The first kappa shape index (κ1) is 25.2. The highest BCUT2D eigenvalue weighted by atomic mass is 35.5. The number of benzene rings is 3. The standard InChI is InChI=1S/C27H29ClN2O4S/c1-19-8-10-23(16-20(19)2)30-35(32,33)25-17-21(9-11-24(25)28)26(31)29-18-27(12-14-34-15-13-27)22-6-4-3-5-7-22/h3-11,16-17,30H,12-15,18H2,1-2H3,(H,29,31). The van der Waals surface area contributed by atoms with Crippen LogP contribution in [0.15, 0.2) is 71.6 Å². The Labute approximate surface area is 211 Å². The number of rotatable bonds is 7. The van der Waals surface area contributed by atoms with E-state index in [4.69, 9.17) is 16.3 Å². The highest BCUT2D eigenvalue weighted by molar-refractivity contribution is 7.92. The van der Waals surface area contributed by atoms with E-state index in [1.54, 1.807) is 12.1 Å². The summed E-state index contributed by atoms with van der Waals surface area (Å²) < 4.78 is 34.3. The smallest absolute Gasteiger partial charge is 0.263 e. The van der Waals surface area contributed by atoms with Gasteiger partial charge in [-0.2, -0.15) is 0 Å². The molecular formula is C27H29ClN2O4S. The van der Waals surface area contributed by atoms with Gasteiger partial charge in [0.1, 0.15) is 4.90 Å². The van der Waals surface area contributed by atoms with E-state index in [0.717, 1.165) is 29.5 Å². The molecule has 0 spiro atoms. The van der Waals surface area contributed by atoms with E-state index in [0.29, 0.717) is 25.4 Å². The SMILES string of the molecule is Cc1ccc(NS(=O)(=O)c2cc(C(=O)NCC3(c4ccccc4)CCOCC3)ccc2Cl)cc1C. The first-order valence-electron chi connectivity index (χ1n) is 11.5. The average molecular weight is 513 g/mol. The molecule has 2 N–H and O–H groups in total. The van der Waals surface area contributed by atoms with Crippen LogP contribution in [-0.2, 0) is 20.2 Å². The first-order valence-corrected chi connectivity index (χ1v) is 13.4. The summed E-state index contributed by atoms with van der Waals surface area (Å²) in [5, 5.41) is 3.06. The molecule has 0 saturated carbocycles. The molecule has 1 aliphatic heterocycles. The van der Waals surface area contributed by atoms with E-state index in [1.165, 1.54) is 18.2 Å². The number of carbonyl (C=O) groups is 1. The van der Waals surface area contributed by atoms with Crippen LogP contribution in [0.4, 0.5) is 5.69 Å². The van der Waals surface area contributed by atoms with Crippen molar-refractivity contribution in [2.24, 2.45) is 0 Å². The van der Waals surface area contributed by atoms with Gasteiger partial charge in [-0.25, -0.2) is 8.42 Å². The molecule has 6 nitrogen and oxygen atoms in total. The molecule has 3 aromatic carbocycles. The van der Waals surface area contributed by atoms with Crippen molar-refractivity contribution in [3.8, 4) is 0 Å². The lowest BCUT2D eigenvalue weighted by Crippen LogP contribution is -2.44. The molecule has 1 amide bonds. The third kappa shape index (κ3) is 5.69. The second kappa shape index (κ2) is 10.4. The molecule has 0 aliphatic carbocycles. The van der Waals surface area contributed by atoms with Gasteiger partial charge in [0.15, 0.2) is 0 Å². The lowest BCUT2D eigenvalue weighted by atomic mass is 9.74. The van der Waals surface area contributed by atoms with Crippen LogP contribution in [0.2, 0.25) is 5.02 Å². The summed E-state index contributed by atoms with van der Waals surface area (Å²) in [6, 6.07) is 19.7. The summed E-state index contributed by atoms with van der Waals surface area (Å²) in [5.74, 6) is -0.355. The highest BCUT2D eigenvalue weighted by Gasteiger charge is 2.35. The van der Waals surface area contributed by atoms with E-state index in [2.05, 4.69) is 22.2 Å². The topological polar surface area (TPSA) is 84.5 Å². The summed E-state index contributed by atoms with van der Waals surface area (Å²) in [5.41, 5.74) is 3.60. The van der Waals surface area contributed by atoms with Crippen molar-refractivity contribution in [3.05, 3.63) is 94.0 Å². The van der Waals surface area contributed by atoms with Crippen LogP contribution in [-0.4, -0.2) is 34.1 Å². The minimum Gasteiger partial charge on any atom is -0.381 e. The van der Waals surface area contributed by atoms with Gasteiger partial charge in [0, 0.05) is 36.4 Å². The molecule has 4 rings (SSSR count). The van der Waals surface area contributed by atoms with Crippen molar-refractivity contribution >= 4 is 33.2 Å². The molecule has 8 heteroatoms. The molecule has 1 aliphatic rings.